The van der Waals surface area contributed by atoms with Gasteiger partial charge in [-0.3, -0.25) is 0 Å². The maximum absolute atomic E-state index is 5.38. The van der Waals surface area contributed by atoms with E-state index in [1.807, 2.05) is 0 Å². The van der Waals surface area contributed by atoms with Gasteiger partial charge < -0.3 is 9.47 Å². The van der Waals surface area contributed by atoms with Gasteiger partial charge in [0.25, 0.3) is 0 Å². The fourth-order valence-electron chi connectivity index (χ4n) is 1.16. The summed E-state index contributed by atoms with van der Waals surface area (Å²) in [5, 5.41) is 0. The Hall–Kier alpha value is -0.0800. The summed E-state index contributed by atoms with van der Waals surface area (Å²) in [5.74, 6) is 0. The molecule has 0 bridgehead atoms. The van der Waals surface area contributed by atoms with Gasteiger partial charge in [-0.05, 0) is 19.3 Å². The first-order valence-corrected chi connectivity index (χ1v) is 4.95. The number of hydrogen-bond donors (Lipinski definition) is 0. The van der Waals surface area contributed by atoms with Crippen molar-refractivity contribution in [1.29, 1.82) is 0 Å². The standard InChI is InChI=1S/C10H22O2/c1-4-6-10(11-3)7-9-12-8-5-2/h10H,4-9H2,1-3H3. The van der Waals surface area contributed by atoms with Crippen LogP contribution in [-0.2, 0) is 9.47 Å². The molecule has 0 spiro atoms. The minimum absolute atomic E-state index is 0.395. The normalized spacial score (nSPS) is 13.2. The third kappa shape index (κ3) is 6.62. The number of hydrogen-bond acceptors (Lipinski definition) is 2. The molecular weight excluding hydrogens is 152 g/mol. The number of rotatable bonds is 8. The second-order valence-corrected chi connectivity index (χ2v) is 3.05. The molecule has 0 saturated carbocycles. The average Bonchev–Trinajstić information content (AvgIpc) is 2.10. The third-order valence-electron chi connectivity index (χ3n) is 1.88. The molecule has 0 aliphatic carbocycles. The Morgan fingerprint density at radius 2 is 1.75 bits per heavy atom. The molecule has 0 aliphatic heterocycles. The highest BCUT2D eigenvalue weighted by Gasteiger charge is 2.04. The predicted molar refractivity (Wildman–Crippen MR) is 51.4 cm³/mol. The Balaban J connectivity index is 3.19. The van der Waals surface area contributed by atoms with E-state index < -0.39 is 0 Å². The van der Waals surface area contributed by atoms with Crippen LogP contribution in [0.25, 0.3) is 0 Å². The van der Waals surface area contributed by atoms with Crippen molar-refractivity contribution in [2.75, 3.05) is 20.3 Å². The van der Waals surface area contributed by atoms with Gasteiger partial charge in [-0.25, -0.2) is 0 Å². The van der Waals surface area contributed by atoms with Gasteiger partial charge >= 0.3 is 0 Å². The predicted octanol–water partition coefficient (Wildman–Crippen LogP) is 2.62. The van der Waals surface area contributed by atoms with Crippen molar-refractivity contribution in [2.45, 2.75) is 45.6 Å². The lowest BCUT2D eigenvalue weighted by Gasteiger charge is -2.13. The molecule has 0 aliphatic rings. The summed E-state index contributed by atoms with van der Waals surface area (Å²) >= 11 is 0. The zero-order valence-electron chi connectivity index (χ0n) is 8.64. The van der Waals surface area contributed by atoms with Gasteiger partial charge in [-0.1, -0.05) is 20.3 Å². The molecule has 0 rings (SSSR count). The summed E-state index contributed by atoms with van der Waals surface area (Å²) in [6.07, 6.45) is 4.86. The molecule has 0 radical (unpaired) electrons. The van der Waals surface area contributed by atoms with E-state index in [1.54, 1.807) is 7.11 Å². The van der Waals surface area contributed by atoms with Gasteiger partial charge in [0, 0.05) is 20.3 Å². The van der Waals surface area contributed by atoms with Gasteiger partial charge in [-0.15, -0.1) is 0 Å². The zero-order chi connectivity index (χ0) is 9.23. The van der Waals surface area contributed by atoms with Crippen LogP contribution >= 0.6 is 0 Å². The molecular formula is C10H22O2. The summed E-state index contributed by atoms with van der Waals surface area (Å²) in [4.78, 5) is 0. The highest BCUT2D eigenvalue weighted by Crippen LogP contribution is 2.05. The lowest BCUT2D eigenvalue weighted by atomic mass is 10.1. The van der Waals surface area contributed by atoms with E-state index in [0.717, 1.165) is 32.5 Å². The Kier molecular flexibility index (Phi) is 8.95. The van der Waals surface area contributed by atoms with Gasteiger partial charge in [0.05, 0.1) is 6.10 Å². The van der Waals surface area contributed by atoms with E-state index in [4.69, 9.17) is 9.47 Å². The van der Waals surface area contributed by atoms with Crippen molar-refractivity contribution in [2.24, 2.45) is 0 Å². The molecule has 12 heavy (non-hydrogen) atoms. The van der Waals surface area contributed by atoms with E-state index in [9.17, 15) is 0 Å². The van der Waals surface area contributed by atoms with E-state index >= 15 is 0 Å². The SMILES string of the molecule is CCCOCCC(CCC)OC. The summed E-state index contributed by atoms with van der Waals surface area (Å²) in [5.41, 5.74) is 0. The molecule has 74 valence electrons. The van der Waals surface area contributed by atoms with Gasteiger partial charge in [0.1, 0.15) is 0 Å². The molecule has 0 heterocycles. The molecule has 0 fully saturated rings. The van der Waals surface area contributed by atoms with Crippen molar-refractivity contribution in [3.05, 3.63) is 0 Å². The minimum Gasteiger partial charge on any atom is -0.381 e. The summed E-state index contributed by atoms with van der Waals surface area (Å²) in [6.45, 7) is 6.02. The maximum atomic E-state index is 5.38. The summed E-state index contributed by atoms with van der Waals surface area (Å²) < 4.78 is 10.7. The van der Waals surface area contributed by atoms with Crippen LogP contribution in [0.15, 0.2) is 0 Å². The molecule has 0 amide bonds. The first-order valence-electron chi connectivity index (χ1n) is 4.95. The fraction of sp³-hybridized carbons (Fsp3) is 1.00. The van der Waals surface area contributed by atoms with Crippen molar-refractivity contribution in [1.82, 2.24) is 0 Å². The average molecular weight is 174 g/mol. The molecule has 0 aromatic carbocycles. The number of methoxy groups -OCH3 is 1. The summed E-state index contributed by atoms with van der Waals surface area (Å²) in [6, 6.07) is 0. The molecule has 0 aromatic rings. The Morgan fingerprint density at radius 3 is 2.25 bits per heavy atom. The monoisotopic (exact) mass is 174 g/mol. The topological polar surface area (TPSA) is 18.5 Å². The van der Waals surface area contributed by atoms with Crippen molar-refractivity contribution in [3.8, 4) is 0 Å². The van der Waals surface area contributed by atoms with Crippen molar-refractivity contribution in [3.63, 3.8) is 0 Å². The Labute approximate surface area is 76.3 Å². The zero-order valence-corrected chi connectivity index (χ0v) is 8.64. The number of ether oxygens (including phenoxy) is 2. The third-order valence-corrected chi connectivity index (χ3v) is 1.88. The smallest absolute Gasteiger partial charge is 0.0593 e. The van der Waals surface area contributed by atoms with Crippen LogP contribution in [0.2, 0.25) is 0 Å². The van der Waals surface area contributed by atoms with Gasteiger partial charge in [-0.2, -0.15) is 0 Å². The second kappa shape index (κ2) is 9.01. The molecule has 0 N–H and O–H groups in total. The van der Waals surface area contributed by atoms with Crippen LogP contribution in [0.5, 0.6) is 0 Å². The quantitative estimate of drug-likeness (QED) is 0.527. The van der Waals surface area contributed by atoms with Gasteiger partial charge in [0.15, 0.2) is 0 Å². The Bertz CT molecular complexity index is 83.9. The van der Waals surface area contributed by atoms with Crippen LogP contribution in [0, 0.1) is 0 Å². The van der Waals surface area contributed by atoms with E-state index in [1.165, 1.54) is 6.42 Å². The van der Waals surface area contributed by atoms with Crippen LogP contribution < -0.4 is 0 Å². The fourth-order valence-corrected chi connectivity index (χ4v) is 1.16. The van der Waals surface area contributed by atoms with Crippen LogP contribution in [0.1, 0.15) is 39.5 Å². The largest absolute Gasteiger partial charge is 0.381 e. The Morgan fingerprint density at radius 1 is 1.00 bits per heavy atom. The van der Waals surface area contributed by atoms with Crippen LogP contribution in [0.4, 0.5) is 0 Å². The van der Waals surface area contributed by atoms with E-state index in [0.29, 0.717) is 6.10 Å². The first kappa shape index (κ1) is 11.9. The molecule has 2 nitrogen and oxygen atoms in total. The lowest BCUT2D eigenvalue weighted by Crippen LogP contribution is -2.13. The molecule has 0 saturated heterocycles. The maximum Gasteiger partial charge on any atom is 0.0593 e. The van der Waals surface area contributed by atoms with Crippen LogP contribution in [0.3, 0.4) is 0 Å². The van der Waals surface area contributed by atoms with Crippen LogP contribution in [-0.4, -0.2) is 26.4 Å². The van der Waals surface area contributed by atoms with Crippen molar-refractivity contribution >= 4 is 0 Å². The van der Waals surface area contributed by atoms with Crippen molar-refractivity contribution < 1.29 is 9.47 Å². The molecule has 2 heteroatoms. The van der Waals surface area contributed by atoms with E-state index in [2.05, 4.69) is 13.8 Å². The lowest BCUT2D eigenvalue weighted by molar-refractivity contribution is 0.0471. The second-order valence-electron chi connectivity index (χ2n) is 3.05. The first-order chi connectivity index (χ1) is 5.85. The molecule has 1 atom stereocenters. The summed E-state index contributed by atoms with van der Waals surface area (Å²) in [7, 11) is 1.78. The minimum atomic E-state index is 0.395. The highest BCUT2D eigenvalue weighted by atomic mass is 16.5. The molecule has 0 aromatic heterocycles. The van der Waals surface area contributed by atoms with E-state index in [-0.39, 0.29) is 0 Å². The van der Waals surface area contributed by atoms with Gasteiger partial charge in [0.2, 0.25) is 0 Å². The highest BCUT2D eigenvalue weighted by molar-refractivity contribution is 4.55. The molecule has 1 unspecified atom stereocenters.